The first-order chi connectivity index (χ1) is 8.66. The summed E-state index contributed by atoms with van der Waals surface area (Å²) in [4.78, 5) is 11.6. The lowest BCUT2D eigenvalue weighted by molar-refractivity contribution is -0.112. The van der Waals surface area contributed by atoms with Crippen LogP contribution in [0.2, 0.25) is 0 Å². The van der Waals surface area contributed by atoms with E-state index in [-0.39, 0.29) is 5.78 Å². The first-order valence-electron chi connectivity index (χ1n) is 6.29. The molecule has 1 aromatic heterocycles. The van der Waals surface area contributed by atoms with E-state index in [0.717, 1.165) is 36.0 Å². The molecule has 0 atom stereocenters. The number of furan rings is 1. The van der Waals surface area contributed by atoms with Crippen molar-refractivity contribution in [2.45, 2.75) is 33.1 Å². The maximum atomic E-state index is 11.6. The van der Waals surface area contributed by atoms with Gasteiger partial charge in [-0.2, -0.15) is 0 Å². The number of unbranched alkanes of at least 4 members (excludes halogenated alkanes) is 1. The molecule has 94 valence electrons. The molecule has 0 saturated heterocycles. The summed E-state index contributed by atoms with van der Waals surface area (Å²) in [5, 5.41) is 0. The van der Waals surface area contributed by atoms with Gasteiger partial charge in [-0.15, -0.1) is 0 Å². The minimum Gasteiger partial charge on any atom is -0.472 e. The average molecular weight is 242 g/mol. The van der Waals surface area contributed by atoms with Crippen LogP contribution in [0, 0.1) is 0 Å². The second-order valence-electron chi connectivity index (χ2n) is 4.71. The van der Waals surface area contributed by atoms with Crippen LogP contribution in [0.3, 0.4) is 0 Å². The Bertz CT molecular complexity index is 489. The number of allylic oxidation sites excluding steroid dienone is 6. The van der Waals surface area contributed by atoms with Crippen LogP contribution in [0.15, 0.2) is 58.0 Å². The predicted molar refractivity (Wildman–Crippen MR) is 72.3 cm³/mol. The number of rotatable bonds is 4. The van der Waals surface area contributed by atoms with Crippen LogP contribution in [-0.2, 0) is 11.2 Å². The average Bonchev–Trinajstić information content (AvgIpc) is 2.84. The molecule has 1 aliphatic rings. The third kappa shape index (κ3) is 3.10. The van der Waals surface area contributed by atoms with E-state index >= 15 is 0 Å². The first kappa shape index (κ1) is 12.6. The van der Waals surface area contributed by atoms with Crippen molar-refractivity contribution >= 4 is 5.78 Å². The van der Waals surface area contributed by atoms with Crippen molar-refractivity contribution < 1.29 is 9.21 Å². The molecule has 1 heterocycles. The molecule has 2 heteroatoms. The Morgan fingerprint density at radius 3 is 2.56 bits per heavy atom. The lowest BCUT2D eigenvalue weighted by Crippen LogP contribution is -2.05. The van der Waals surface area contributed by atoms with Gasteiger partial charge >= 0.3 is 0 Å². The van der Waals surface area contributed by atoms with Gasteiger partial charge in [0.2, 0.25) is 0 Å². The number of hydrogen-bond donors (Lipinski definition) is 0. The molecular weight excluding hydrogens is 224 g/mol. The van der Waals surface area contributed by atoms with Crippen LogP contribution < -0.4 is 0 Å². The van der Waals surface area contributed by atoms with Crippen LogP contribution in [0.5, 0.6) is 0 Å². The smallest absolute Gasteiger partial charge is 0.184 e. The highest BCUT2D eigenvalue weighted by atomic mass is 16.3. The first-order valence-corrected chi connectivity index (χ1v) is 6.29. The van der Waals surface area contributed by atoms with Crippen LogP contribution in [0.4, 0.5) is 0 Å². The van der Waals surface area contributed by atoms with Crippen molar-refractivity contribution in [3.05, 3.63) is 59.1 Å². The molecule has 0 aliphatic heterocycles. The summed E-state index contributed by atoms with van der Waals surface area (Å²) >= 11 is 0. The van der Waals surface area contributed by atoms with Gasteiger partial charge in [-0.05, 0) is 73.6 Å². The van der Waals surface area contributed by atoms with Gasteiger partial charge in [0.1, 0.15) is 0 Å². The second kappa shape index (κ2) is 5.67. The summed E-state index contributed by atoms with van der Waals surface area (Å²) < 4.78 is 5.03. The summed E-state index contributed by atoms with van der Waals surface area (Å²) in [6, 6.07) is 2.00. The van der Waals surface area contributed by atoms with Crippen molar-refractivity contribution in [2.75, 3.05) is 0 Å². The number of carbonyl (C=O) groups excluding carboxylic acids is 1. The van der Waals surface area contributed by atoms with E-state index < -0.39 is 0 Å². The van der Waals surface area contributed by atoms with Gasteiger partial charge in [-0.3, -0.25) is 4.79 Å². The predicted octanol–water partition coefficient (Wildman–Crippen LogP) is 4.00. The lowest BCUT2D eigenvalue weighted by atomic mass is 9.95. The van der Waals surface area contributed by atoms with Gasteiger partial charge in [0.15, 0.2) is 5.78 Å². The van der Waals surface area contributed by atoms with E-state index in [0.29, 0.717) is 0 Å². The monoisotopic (exact) mass is 242 g/mol. The van der Waals surface area contributed by atoms with Crippen LogP contribution in [0.25, 0.3) is 0 Å². The number of carbonyl (C=O) groups is 1. The number of hydrogen-bond acceptors (Lipinski definition) is 2. The minimum absolute atomic E-state index is 0.158. The Balaban J connectivity index is 1.88. The fraction of sp³-hybridized carbons (Fsp3) is 0.312. The molecule has 18 heavy (non-hydrogen) atoms. The van der Waals surface area contributed by atoms with E-state index in [4.69, 9.17) is 4.42 Å². The third-order valence-corrected chi connectivity index (χ3v) is 3.11. The van der Waals surface area contributed by atoms with Gasteiger partial charge in [-0.1, -0.05) is 6.08 Å². The molecule has 0 aromatic carbocycles. The summed E-state index contributed by atoms with van der Waals surface area (Å²) in [6.45, 7) is 3.75. The quantitative estimate of drug-likeness (QED) is 0.747. The van der Waals surface area contributed by atoms with Crippen LogP contribution in [0.1, 0.15) is 32.3 Å². The third-order valence-electron chi connectivity index (χ3n) is 3.11. The molecule has 2 nitrogen and oxygen atoms in total. The number of ketones is 1. The summed E-state index contributed by atoms with van der Waals surface area (Å²) in [6.07, 6.45) is 12.8. The van der Waals surface area contributed by atoms with E-state index in [1.165, 1.54) is 5.56 Å². The molecule has 0 bridgehead atoms. The van der Waals surface area contributed by atoms with Gasteiger partial charge in [0.05, 0.1) is 12.5 Å². The van der Waals surface area contributed by atoms with Crippen LogP contribution in [-0.4, -0.2) is 5.78 Å². The van der Waals surface area contributed by atoms with Crippen molar-refractivity contribution in [3.63, 3.8) is 0 Å². The van der Waals surface area contributed by atoms with Gasteiger partial charge in [-0.25, -0.2) is 0 Å². The zero-order valence-corrected chi connectivity index (χ0v) is 10.9. The van der Waals surface area contributed by atoms with Gasteiger partial charge in [0, 0.05) is 0 Å². The molecule has 0 spiro atoms. The number of aryl methyl sites for hydroxylation is 1. The molecular formula is C16H18O2. The van der Waals surface area contributed by atoms with Crippen molar-refractivity contribution in [2.24, 2.45) is 0 Å². The molecule has 0 N–H and O–H groups in total. The molecule has 0 fully saturated rings. The summed E-state index contributed by atoms with van der Waals surface area (Å²) in [5.41, 5.74) is 4.05. The molecule has 0 radical (unpaired) electrons. The topological polar surface area (TPSA) is 30.2 Å². The normalized spacial score (nSPS) is 15.4. The van der Waals surface area contributed by atoms with E-state index in [1.54, 1.807) is 12.5 Å². The Morgan fingerprint density at radius 2 is 1.94 bits per heavy atom. The molecule has 0 saturated carbocycles. The molecule has 0 amide bonds. The van der Waals surface area contributed by atoms with E-state index in [9.17, 15) is 4.79 Å². The van der Waals surface area contributed by atoms with Crippen molar-refractivity contribution in [1.82, 2.24) is 0 Å². The lowest BCUT2D eigenvalue weighted by Gasteiger charge is -2.09. The van der Waals surface area contributed by atoms with Crippen LogP contribution >= 0.6 is 0 Å². The number of Topliss-reactive ketones (excluding diaryl/α,β-unsaturated/α-hetero) is 1. The Kier molecular flexibility index (Phi) is 3.98. The van der Waals surface area contributed by atoms with Gasteiger partial charge in [0.25, 0.3) is 0 Å². The largest absolute Gasteiger partial charge is 0.472 e. The standard InChI is InChI=1S/C16H18O2/c1-12-9-15(10-13(2)16(12)17)6-4-3-5-14-7-8-18-11-14/h6-11H,3-5H2,1-2H3. The Hall–Kier alpha value is -1.83. The zero-order chi connectivity index (χ0) is 13.0. The van der Waals surface area contributed by atoms with Gasteiger partial charge < -0.3 is 4.42 Å². The van der Waals surface area contributed by atoms with Crippen molar-refractivity contribution in [1.29, 1.82) is 0 Å². The summed E-state index contributed by atoms with van der Waals surface area (Å²) in [5.74, 6) is 0.158. The van der Waals surface area contributed by atoms with Crippen molar-refractivity contribution in [3.8, 4) is 0 Å². The SMILES string of the molecule is CC1=CC(=CCCCc2ccoc2)C=C(C)C1=O. The fourth-order valence-electron chi connectivity index (χ4n) is 2.11. The highest BCUT2D eigenvalue weighted by molar-refractivity contribution is 6.09. The Morgan fingerprint density at radius 1 is 1.22 bits per heavy atom. The van der Waals surface area contributed by atoms with E-state index in [1.807, 2.05) is 32.1 Å². The highest BCUT2D eigenvalue weighted by Gasteiger charge is 2.12. The minimum atomic E-state index is 0.158. The molecule has 1 aromatic rings. The maximum absolute atomic E-state index is 11.6. The maximum Gasteiger partial charge on any atom is 0.184 e. The molecule has 0 unspecified atom stereocenters. The summed E-state index contributed by atoms with van der Waals surface area (Å²) in [7, 11) is 0. The molecule has 2 rings (SSSR count). The van der Waals surface area contributed by atoms with E-state index in [2.05, 4.69) is 6.08 Å². The second-order valence-corrected chi connectivity index (χ2v) is 4.71. The fourth-order valence-corrected chi connectivity index (χ4v) is 2.11. The Labute approximate surface area is 108 Å². The zero-order valence-electron chi connectivity index (χ0n) is 10.9. The highest BCUT2D eigenvalue weighted by Crippen LogP contribution is 2.19. The molecule has 1 aliphatic carbocycles.